The molecule has 1 aromatic rings. The molecule has 2 heteroatoms. The van der Waals surface area contributed by atoms with E-state index >= 15 is 0 Å². The van der Waals surface area contributed by atoms with Gasteiger partial charge in [0.1, 0.15) is 11.5 Å². The topological polar surface area (TPSA) is 18.5 Å². The van der Waals surface area contributed by atoms with Crippen LogP contribution in [0.3, 0.4) is 0 Å². The van der Waals surface area contributed by atoms with Crippen molar-refractivity contribution in [2.24, 2.45) is 0 Å². The van der Waals surface area contributed by atoms with E-state index < -0.39 is 0 Å². The summed E-state index contributed by atoms with van der Waals surface area (Å²) in [6.45, 7) is 0.837. The molecule has 1 aliphatic carbocycles. The zero-order chi connectivity index (χ0) is 12.4. The van der Waals surface area contributed by atoms with Crippen LogP contribution in [0.15, 0.2) is 47.7 Å². The lowest BCUT2D eigenvalue weighted by atomic mass is 9.83. The van der Waals surface area contributed by atoms with Gasteiger partial charge in [0.05, 0.1) is 13.7 Å². The van der Waals surface area contributed by atoms with Gasteiger partial charge in [-0.3, -0.25) is 0 Å². The van der Waals surface area contributed by atoms with Gasteiger partial charge in [-0.25, -0.2) is 0 Å². The number of hydrogen-bond donors (Lipinski definition) is 0. The van der Waals surface area contributed by atoms with E-state index in [2.05, 4.69) is 24.3 Å². The van der Waals surface area contributed by atoms with Crippen molar-refractivity contribution in [1.29, 1.82) is 0 Å². The second-order valence-electron chi connectivity index (χ2n) is 4.78. The summed E-state index contributed by atoms with van der Waals surface area (Å²) in [4.78, 5) is 0. The van der Waals surface area contributed by atoms with Gasteiger partial charge in [-0.05, 0) is 36.1 Å². The SMILES string of the molecule is COc1ccc(C2CCOC3=C2C=CCC3)cc1. The number of hydrogen-bond acceptors (Lipinski definition) is 2. The Morgan fingerprint density at radius 2 is 2.06 bits per heavy atom. The van der Waals surface area contributed by atoms with Crippen LogP contribution in [0.25, 0.3) is 0 Å². The Bertz CT molecular complexity index is 482. The molecule has 1 aromatic carbocycles. The van der Waals surface area contributed by atoms with Crippen LogP contribution in [0.1, 0.15) is 30.7 Å². The molecule has 0 saturated carbocycles. The zero-order valence-electron chi connectivity index (χ0n) is 10.7. The predicted octanol–water partition coefficient (Wildman–Crippen LogP) is 3.80. The molecule has 1 atom stereocenters. The molecule has 0 saturated heterocycles. The maximum Gasteiger partial charge on any atom is 0.118 e. The van der Waals surface area contributed by atoms with Gasteiger partial charge < -0.3 is 9.47 Å². The molecule has 2 aliphatic rings. The molecule has 1 aliphatic heterocycles. The molecular formula is C16H18O2. The molecule has 1 heterocycles. The molecule has 0 fully saturated rings. The quantitative estimate of drug-likeness (QED) is 0.785. The lowest BCUT2D eigenvalue weighted by Gasteiger charge is -2.29. The molecule has 2 nitrogen and oxygen atoms in total. The highest BCUT2D eigenvalue weighted by Crippen LogP contribution is 2.38. The molecule has 1 unspecified atom stereocenters. The third kappa shape index (κ3) is 2.03. The number of benzene rings is 1. The van der Waals surface area contributed by atoms with Gasteiger partial charge in [0, 0.05) is 12.3 Å². The maximum absolute atomic E-state index is 5.78. The van der Waals surface area contributed by atoms with E-state index in [1.165, 1.54) is 16.9 Å². The zero-order valence-corrected chi connectivity index (χ0v) is 10.7. The summed E-state index contributed by atoms with van der Waals surface area (Å²) < 4.78 is 11.0. The fourth-order valence-electron chi connectivity index (χ4n) is 2.77. The van der Waals surface area contributed by atoms with Gasteiger partial charge in [-0.15, -0.1) is 0 Å². The van der Waals surface area contributed by atoms with Crippen molar-refractivity contribution >= 4 is 0 Å². The first-order valence-electron chi connectivity index (χ1n) is 6.55. The van der Waals surface area contributed by atoms with Crippen LogP contribution in [0.4, 0.5) is 0 Å². The van der Waals surface area contributed by atoms with Crippen molar-refractivity contribution in [1.82, 2.24) is 0 Å². The first-order chi connectivity index (χ1) is 8.88. The first kappa shape index (κ1) is 11.4. The largest absolute Gasteiger partial charge is 0.498 e. The third-order valence-corrected chi connectivity index (χ3v) is 3.73. The van der Waals surface area contributed by atoms with Gasteiger partial charge >= 0.3 is 0 Å². The fraction of sp³-hybridized carbons (Fsp3) is 0.375. The van der Waals surface area contributed by atoms with Crippen LogP contribution in [0, 0.1) is 0 Å². The van der Waals surface area contributed by atoms with Gasteiger partial charge in [0.2, 0.25) is 0 Å². The van der Waals surface area contributed by atoms with Crippen molar-refractivity contribution in [2.75, 3.05) is 13.7 Å². The first-order valence-corrected chi connectivity index (χ1v) is 6.55. The van der Waals surface area contributed by atoms with E-state index in [1.807, 2.05) is 12.1 Å². The Labute approximate surface area is 108 Å². The Hall–Kier alpha value is -1.70. The van der Waals surface area contributed by atoms with Crippen molar-refractivity contribution in [2.45, 2.75) is 25.2 Å². The third-order valence-electron chi connectivity index (χ3n) is 3.73. The Morgan fingerprint density at radius 1 is 1.22 bits per heavy atom. The molecule has 94 valence electrons. The number of ether oxygens (including phenoxy) is 2. The lowest BCUT2D eigenvalue weighted by Crippen LogP contribution is -2.16. The summed E-state index contributed by atoms with van der Waals surface area (Å²) >= 11 is 0. The van der Waals surface area contributed by atoms with Gasteiger partial charge in [-0.2, -0.15) is 0 Å². The molecule has 0 radical (unpaired) electrons. The molecule has 0 bridgehead atoms. The van der Waals surface area contributed by atoms with Crippen LogP contribution in [0.2, 0.25) is 0 Å². The van der Waals surface area contributed by atoms with Crippen molar-refractivity contribution < 1.29 is 9.47 Å². The molecule has 0 aromatic heterocycles. The molecule has 0 N–H and O–H groups in total. The summed E-state index contributed by atoms with van der Waals surface area (Å²) in [5.41, 5.74) is 2.73. The maximum atomic E-state index is 5.78. The van der Waals surface area contributed by atoms with E-state index in [1.54, 1.807) is 7.11 Å². The molecule has 3 rings (SSSR count). The lowest BCUT2D eigenvalue weighted by molar-refractivity contribution is 0.171. The van der Waals surface area contributed by atoms with E-state index in [4.69, 9.17) is 9.47 Å². The van der Waals surface area contributed by atoms with Gasteiger partial charge in [0.25, 0.3) is 0 Å². The highest BCUT2D eigenvalue weighted by Gasteiger charge is 2.25. The smallest absolute Gasteiger partial charge is 0.118 e. The van der Waals surface area contributed by atoms with Crippen molar-refractivity contribution in [3.8, 4) is 5.75 Å². The Balaban J connectivity index is 1.92. The van der Waals surface area contributed by atoms with E-state index in [9.17, 15) is 0 Å². The summed E-state index contributed by atoms with van der Waals surface area (Å²) in [5, 5.41) is 0. The van der Waals surface area contributed by atoms with Gasteiger partial charge in [-0.1, -0.05) is 24.3 Å². The van der Waals surface area contributed by atoms with Crippen LogP contribution < -0.4 is 4.74 Å². The van der Waals surface area contributed by atoms with Crippen LogP contribution in [0.5, 0.6) is 5.75 Å². The predicted molar refractivity (Wildman–Crippen MR) is 71.7 cm³/mol. The monoisotopic (exact) mass is 242 g/mol. The minimum Gasteiger partial charge on any atom is -0.498 e. The average molecular weight is 242 g/mol. The normalized spacial score (nSPS) is 22.4. The molecule has 18 heavy (non-hydrogen) atoms. The minimum absolute atomic E-state index is 0.483. The standard InChI is InChI=1S/C16H18O2/c1-17-13-8-6-12(7-9-13)14-10-11-18-16-5-3-2-4-15(14)16/h2,4,6-9,14H,3,5,10-11H2,1H3. The second kappa shape index (κ2) is 4.89. The summed E-state index contributed by atoms with van der Waals surface area (Å²) in [6, 6.07) is 8.42. The van der Waals surface area contributed by atoms with Crippen molar-refractivity contribution in [3.63, 3.8) is 0 Å². The molecular weight excluding hydrogens is 224 g/mol. The fourth-order valence-corrected chi connectivity index (χ4v) is 2.77. The van der Waals surface area contributed by atoms with E-state index in [-0.39, 0.29) is 0 Å². The average Bonchev–Trinajstić information content (AvgIpc) is 2.47. The minimum atomic E-state index is 0.483. The molecule has 0 spiro atoms. The number of methoxy groups -OCH3 is 1. The summed E-state index contributed by atoms with van der Waals surface area (Å²) in [6.07, 6.45) is 7.72. The van der Waals surface area contributed by atoms with Gasteiger partial charge in [0.15, 0.2) is 0 Å². The van der Waals surface area contributed by atoms with Crippen LogP contribution in [-0.2, 0) is 4.74 Å². The Morgan fingerprint density at radius 3 is 2.83 bits per heavy atom. The van der Waals surface area contributed by atoms with E-state index in [0.29, 0.717) is 5.92 Å². The number of rotatable bonds is 2. The van der Waals surface area contributed by atoms with Crippen LogP contribution >= 0.6 is 0 Å². The van der Waals surface area contributed by atoms with E-state index in [0.717, 1.165) is 31.6 Å². The van der Waals surface area contributed by atoms with Crippen LogP contribution in [-0.4, -0.2) is 13.7 Å². The second-order valence-corrected chi connectivity index (χ2v) is 4.78. The highest BCUT2D eigenvalue weighted by molar-refractivity contribution is 5.41. The Kier molecular flexibility index (Phi) is 3.09. The summed E-state index contributed by atoms with van der Waals surface area (Å²) in [5.74, 6) is 2.60. The highest BCUT2D eigenvalue weighted by atomic mass is 16.5. The molecule has 0 amide bonds. The van der Waals surface area contributed by atoms with Crippen molar-refractivity contribution in [3.05, 3.63) is 53.3 Å². The number of allylic oxidation sites excluding steroid dienone is 4. The summed E-state index contributed by atoms with van der Waals surface area (Å²) in [7, 11) is 1.70.